The van der Waals surface area contributed by atoms with Crippen LogP contribution in [0.4, 0.5) is 5.69 Å². The number of benzene rings is 2. The molecule has 5 heteroatoms. The number of ether oxygens (including phenoxy) is 1. The highest BCUT2D eigenvalue weighted by molar-refractivity contribution is 7.92. The molecule has 1 N–H and O–H groups in total. The van der Waals surface area contributed by atoms with Crippen molar-refractivity contribution in [1.82, 2.24) is 0 Å². The van der Waals surface area contributed by atoms with Gasteiger partial charge < -0.3 is 4.74 Å². The van der Waals surface area contributed by atoms with Crippen LogP contribution in [0.2, 0.25) is 0 Å². The third kappa shape index (κ3) is 5.28. The van der Waals surface area contributed by atoms with Crippen molar-refractivity contribution in [3.8, 4) is 5.75 Å². The molecule has 2 aromatic rings. The molecule has 2 rings (SSSR count). The van der Waals surface area contributed by atoms with Crippen LogP contribution >= 0.6 is 0 Å². The third-order valence-electron chi connectivity index (χ3n) is 3.62. The quantitative estimate of drug-likeness (QED) is 0.802. The lowest BCUT2D eigenvalue weighted by molar-refractivity contribution is 0.341. The molecule has 0 saturated heterocycles. The average molecular weight is 333 g/mol. The SMILES string of the molecule is CCc1ccc(OCCS(=O)(=O)Nc2ccccc2CC)cc1. The number of nitrogens with one attached hydrogen (secondary N) is 1. The van der Waals surface area contributed by atoms with Gasteiger partial charge in [0.1, 0.15) is 18.1 Å². The molecule has 0 amide bonds. The molecule has 0 aliphatic carbocycles. The monoisotopic (exact) mass is 333 g/mol. The lowest BCUT2D eigenvalue weighted by atomic mass is 10.1. The first-order valence-corrected chi connectivity index (χ1v) is 9.49. The lowest BCUT2D eigenvalue weighted by Crippen LogP contribution is -2.21. The van der Waals surface area contributed by atoms with Crippen molar-refractivity contribution >= 4 is 15.7 Å². The molecule has 0 radical (unpaired) electrons. The molecular weight excluding hydrogens is 310 g/mol. The summed E-state index contributed by atoms with van der Waals surface area (Å²) < 4.78 is 32.5. The van der Waals surface area contributed by atoms with Crippen molar-refractivity contribution in [2.75, 3.05) is 17.1 Å². The van der Waals surface area contributed by atoms with E-state index in [0.29, 0.717) is 11.4 Å². The fourth-order valence-electron chi connectivity index (χ4n) is 2.24. The van der Waals surface area contributed by atoms with E-state index < -0.39 is 10.0 Å². The predicted octanol–water partition coefficient (Wildman–Crippen LogP) is 3.63. The Kier molecular flexibility index (Phi) is 6.04. The Morgan fingerprint density at radius 3 is 2.30 bits per heavy atom. The van der Waals surface area contributed by atoms with E-state index in [1.807, 2.05) is 49.4 Å². The Bertz CT molecular complexity index is 724. The lowest BCUT2D eigenvalue weighted by Gasteiger charge is -2.12. The van der Waals surface area contributed by atoms with Crippen LogP contribution < -0.4 is 9.46 Å². The molecule has 2 aromatic carbocycles. The summed E-state index contributed by atoms with van der Waals surface area (Å²) in [5, 5.41) is 0. The molecule has 0 aromatic heterocycles. The Hall–Kier alpha value is -2.01. The second-order valence-electron chi connectivity index (χ2n) is 5.28. The number of hydrogen-bond acceptors (Lipinski definition) is 3. The molecule has 0 aliphatic heterocycles. The molecule has 0 aliphatic rings. The van der Waals surface area contributed by atoms with Crippen LogP contribution in [-0.4, -0.2) is 20.8 Å². The predicted molar refractivity (Wildman–Crippen MR) is 94.5 cm³/mol. The van der Waals surface area contributed by atoms with Gasteiger partial charge in [0.25, 0.3) is 0 Å². The minimum absolute atomic E-state index is 0.0828. The highest BCUT2D eigenvalue weighted by Gasteiger charge is 2.12. The maximum absolute atomic E-state index is 12.2. The van der Waals surface area contributed by atoms with Gasteiger partial charge in [-0.1, -0.05) is 44.2 Å². The topological polar surface area (TPSA) is 55.4 Å². The van der Waals surface area contributed by atoms with Crippen LogP contribution in [0.5, 0.6) is 5.75 Å². The summed E-state index contributed by atoms with van der Waals surface area (Å²) in [5.74, 6) is 0.604. The van der Waals surface area contributed by atoms with E-state index in [1.54, 1.807) is 6.07 Å². The number of sulfonamides is 1. The van der Waals surface area contributed by atoms with Gasteiger partial charge in [0.2, 0.25) is 10.0 Å². The van der Waals surface area contributed by atoms with E-state index >= 15 is 0 Å². The largest absolute Gasteiger partial charge is 0.492 e. The Morgan fingerprint density at radius 2 is 1.65 bits per heavy atom. The van der Waals surface area contributed by atoms with E-state index in [0.717, 1.165) is 18.4 Å². The summed E-state index contributed by atoms with van der Waals surface area (Å²) in [6, 6.07) is 15.1. The maximum atomic E-state index is 12.2. The second-order valence-corrected chi connectivity index (χ2v) is 7.12. The maximum Gasteiger partial charge on any atom is 0.236 e. The van der Waals surface area contributed by atoms with Gasteiger partial charge in [0.05, 0.1) is 5.69 Å². The first kappa shape index (κ1) is 17.3. The number of rotatable bonds is 8. The van der Waals surface area contributed by atoms with Crippen molar-refractivity contribution in [1.29, 1.82) is 0 Å². The number of hydrogen-bond donors (Lipinski definition) is 1. The molecule has 0 bridgehead atoms. The fourth-order valence-corrected chi connectivity index (χ4v) is 3.18. The molecule has 0 saturated carbocycles. The van der Waals surface area contributed by atoms with Crippen LogP contribution in [0.25, 0.3) is 0 Å². The molecule has 124 valence electrons. The van der Waals surface area contributed by atoms with Crippen LogP contribution in [0.1, 0.15) is 25.0 Å². The van der Waals surface area contributed by atoms with E-state index in [-0.39, 0.29) is 12.4 Å². The standard InChI is InChI=1S/C18H23NO3S/c1-3-15-9-11-17(12-10-15)22-13-14-23(20,21)19-18-8-6-5-7-16(18)4-2/h5-12,19H,3-4,13-14H2,1-2H3. The molecule has 4 nitrogen and oxygen atoms in total. The summed E-state index contributed by atoms with van der Waals surface area (Å²) >= 11 is 0. The van der Waals surface area contributed by atoms with Gasteiger partial charge in [0.15, 0.2) is 0 Å². The van der Waals surface area contributed by atoms with Crippen LogP contribution in [0, 0.1) is 0 Å². The minimum Gasteiger partial charge on any atom is -0.492 e. The van der Waals surface area contributed by atoms with Gasteiger partial charge in [-0.05, 0) is 42.2 Å². The molecule has 0 unspecified atom stereocenters. The molecule has 0 atom stereocenters. The Labute approximate surface area is 138 Å². The van der Waals surface area contributed by atoms with E-state index in [9.17, 15) is 8.42 Å². The van der Waals surface area contributed by atoms with Crippen molar-refractivity contribution in [2.24, 2.45) is 0 Å². The van der Waals surface area contributed by atoms with E-state index in [4.69, 9.17) is 4.74 Å². The average Bonchev–Trinajstić information content (AvgIpc) is 2.55. The molecule has 23 heavy (non-hydrogen) atoms. The van der Waals surface area contributed by atoms with E-state index in [1.165, 1.54) is 5.56 Å². The van der Waals surface area contributed by atoms with Crippen LogP contribution in [0.15, 0.2) is 48.5 Å². The molecule has 0 fully saturated rings. The molecular formula is C18H23NO3S. The number of anilines is 1. The highest BCUT2D eigenvalue weighted by atomic mass is 32.2. The summed E-state index contributed by atoms with van der Waals surface area (Å²) in [6.07, 6.45) is 1.74. The normalized spacial score (nSPS) is 11.2. The van der Waals surface area contributed by atoms with Crippen LogP contribution in [-0.2, 0) is 22.9 Å². The zero-order valence-corrected chi connectivity index (χ0v) is 14.4. The van der Waals surface area contributed by atoms with Crippen LogP contribution in [0.3, 0.4) is 0 Å². The second kappa shape index (κ2) is 8.02. The third-order valence-corrected chi connectivity index (χ3v) is 4.85. The van der Waals surface area contributed by atoms with Crippen molar-refractivity contribution in [2.45, 2.75) is 26.7 Å². The first-order valence-electron chi connectivity index (χ1n) is 7.84. The first-order chi connectivity index (χ1) is 11.0. The summed E-state index contributed by atoms with van der Waals surface area (Å²) in [6.45, 7) is 4.20. The van der Waals surface area contributed by atoms with Gasteiger partial charge in [-0.3, -0.25) is 4.72 Å². The Balaban J connectivity index is 1.90. The summed E-state index contributed by atoms with van der Waals surface area (Å²) in [7, 11) is -3.43. The smallest absolute Gasteiger partial charge is 0.236 e. The zero-order valence-electron chi connectivity index (χ0n) is 13.6. The van der Waals surface area contributed by atoms with Gasteiger partial charge in [-0.25, -0.2) is 8.42 Å². The number of aryl methyl sites for hydroxylation is 2. The minimum atomic E-state index is -3.43. The van der Waals surface area contributed by atoms with Gasteiger partial charge >= 0.3 is 0 Å². The van der Waals surface area contributed by atoms with Crippen molar-refractivity contribution in [3.05, 3.63) is 59.7 Å². The summed E-state index contributed by atoms with van der Waals surface area (Å²) in [4.78, 5) is 0. The van der Waals surface area contributed by atoms with Gasteiger partial charge in [-0.2, -0.15) is 0 Å². The fraction of sp³-hybridized carbons (Fsp3) is 0.333. The van der Waals surface area contributed by atoms with E-state index in [2.05, 4.69) is 11.6 Å². The van der Waals surface area contributed by atoms with Crippen molar-refractivity contribution < 1.29 is 13.2 Å². The number of para-hydroxylation sites is 1. The van der Waals surface area contributed by atoms with Crippen molar-refractivity contribution in [3.63, 3.8) is 0 Å². The molecule has 0 spiro atoms. The zero-order chi connectivity index (χ0) is 16.7. The molecule has 0 heterocycles. The highest BCUT2D eigenvalue weighted by Crippen LogP contribution is 2.17. The Morgan fingerprint density at radius 1 is 0.957 bits per heavy atom. The van der Waals surface area contributed by atoms with Gasteiger partial charge in [-0.15, -0.1) is 0 Å². The van der Waals surface area contributed by atoms with Gasteiger partial charge in [0, 0.05) is 0 Å². The summed E-state index contributed by atoms with van der Waals surface area (Å²) in [5.41, 5.74) is 2.84.